The monoisotopic (exact) mass is 338 g/mol. The van der Waals surface area contributed by atoms with E-state index in [1.807, 2.05) is 6.08 Å². The van der Waals surface area contributed by atoms with Gasteiger partial charge in [0.15, 0.2) is 9.84 Å². The van der Waals surface area contributed by atoms with Crippen LogP contribution in [-0.2, 0) is 9.84 Å². The summed E-state index contributed by atoms with van der Waals surface area (Å²) in [5, 5.41) is 0. The summed E-state index contributed by atoms with van der Waals surface area (Å²) in [4.78, 5) is 0.334. The number of sulfone groups is 1. The zero-order valence-corrected chi connectivity index (χ0v) is 11.4. The van der Waals surface area contributed by atoms with Crippen molar-refractivity contribution in [3.63, 3.8) is 0 Å². The SMILES string of the molecule is CS(=O)(=O)c1ccc(C=C(Br)Br)cc1. The van der Waals surface area contributed by atoms with Gasteiger partial charge in [-0.2, -0.15) is 0 Å². The second-order valence-electron chi connectivity index (χ2n) is 2.78. The van der Waals surface area contributed by atoms with Crippen LogP contribution in [0.25, 0.3) is 6.08 Å². The predicted octanol–water partition coefficient (Wildman–Crippen LogP) is 3.18. The lowest BCUT2D eigenvalue weighted by Gasteiger charge is -1.98. The van der Waals surface area contributed by atoms with Crippen LogP contribution < -0.4 is 0 Å². The van der Waals surface area contributed by atoms with Crippen molar-refractivity contribution < 1.29 is 8.42 Å². The van der Waals surface area contributed by atoms with Crippen molar-refractivity contribution in [3.05, 3.63) is 33.2 Å². The van der Waals surface area contributed by atoms with Gasteiger partial charge in [0.05, 0.1) is 8.29 Å². The molecule has 1 aromatic rings. The molecule has 76 valence electrons. The Labute approximate surface area is 100 Å². The van der Waals surface area contributed by atoms with Crippen molar-refractivity contribution >= 4 is 47.8 Å². The van der Waals surface area contributed by atoms with E-state index in [1.54, 1.807) is 24.3 Å². The first-order chi connectivity index (χ1) is 6.39. The molecule has 0 radical (unpaired) electrons. The van der Waals surface area contributed by atoms with Gasteiger partial charge >= 0.3 is 0 Å². The van der Waals surface area contributed by atoms with E-state index in [0.29, 0.717) is 4.90 Å². The average Bonchev–Trinajstić information content (AvgIpc) is 2.02. The summed E-state index contributed by atoms with van der Waals surface area (Å²) in [6.45, 7) is 0. The van der Waals surface area contributed by atoms with Crippen LogP contribution in [0.3, 0.4) is 0 Å². The van der Waals surface area contributed by atoms with Crippen molar-refractivity contribution in [1.82, 2.24) is 0 Å². The second-order valence-corrected chi connectivity index (χ2v) is 7.56. The maximum absolute atomic E-state index is 11.1. The smallest absolute Gasteiger partial charge is 0.175 e. The molecule has 0 spiro atoms. The molecular formula is C9H8Br2O2S. The summed E-state index contributed by atoms with van der Waals surface area (Å²) in [6, 6.07) is 6.67. The van der Waals surface area contributed by atoms with Gasteiger partial charge in [-0.15, -0.1) is 0 Å². The third-order valence-electron chi connectivity index (χ3n) is 1.58. The highest BCUT2D eigenvalue weighted by atomic mass is 79.9. The maximum atomic E-state index is 11.1. The lowest BCUT2D eigenvalue weighted by atomic mass is 10.2. The standard InChI is InChI=1S/C9H8Br2O2S/c1-14(12,13)8-4-2-7(3-5-8)6-9(10)11/h2-6H,1H3. The molecule has 0 saturated heterocycles. The Hall–Kier alpha value is -0.130. The first kappa shape index (κ1) is 11.9. The van der Waals surface area contributed by atoms with Crippen LogP contribution in [0, 0.1) is 0 Å². The minimum Gasteiger partial charge on any atom is -0.224 e. The largest absolute Gasteiger partial charge is 0.224 e. The minimum atomic E-state index is -3.09. The molecule has 14 heavy (non-hydrogen) atoms. The molecule has 0 saturated carbocycles. The highest BCUT2D eigenvalue weighted by Gasteiger charge is 2.05. The van der Waals surface area contributed by atoms with Crippen molar-refractivity contribution in [2.45, 2.75) is 4.90 Å². The van der Waals surface area contributed by atoms with Crippen molar-refractivity contribution in [3.8, 4) is 0 Å². The zero-order valence-electron chi connectivity index (χ0n) is 7.37. The Kier molecular flexibility index (Phi) is 3.92. The second kappa shape index (κ2) is 4.59. The van der Waals surface area contributed by atoms with Gasteiger partial charge in [0.1, 0.15) is 0 Å². The molecule has 5 heteroatoms. The number of hydrogen-bond donors (Lipinski definition) is 0. The van der Waals surface area contributed by atoms with E-state index in [0.717, 1.165) is 8.96 Å². The van der Waals surface area contributed by atoms with Crippen LogP contribution in [0.1, 0.15) is 5.56 Å². The Morgan fingerprint density at radius 1 is 1.21 bits per heavy atom. The molecular weight excluding hydrogens is 332 g/mol. The Bertz CT molecular complexity index is 442. The summed E-state index contributed by atoms with van der Waals surface area (Å²) in [7, 11) is -3.09. The predicted molar refractivity (Wildman–Crippen MR) is 65.4 cm³/mol. The molecule has 0 aliphatic rings. The molecule has 0 heterocycles. The molecule has 2 nitrogen and oxygen atoms in total. The molecule has 0 N–H and O–H groups in total. The van der Waals surface area contributed by atoms with Gasteiger partial charge in [-0.05, 0) is 55.6 Å². The molecule has 0 unspecified atom stereocenters. The average molecular weight is 340 g/mol. The van der Waals surface area contributed by atoms with Gasteiger partial charge in [0.2, 0.25) is 0 Å². The Balaban J connectivity index is 3.08. The lowest BCUT2D eigenvalue weighted by molar-refractivity contribution is 0.602. The van der Waals surface area contributed by atoms with Gasteiger partial charge in [0, 0.05) is 6.26 Å². The fourth-order valence-corrected chi connectivity index (χ4v) is 2.10. The number of benzene rings is 1. The first-order valence-electron chi connectivity index (χ1n) is 3.72. The van der Waals surface area contributed by atoms with Crippen LogP contribution in [0.4, 0.5) is 0 Å². The molecule has 0 amide bonds. The summed E-state index contributed by atoms with van der Waals surface area (Å²) in [5.74, 6) is 0. The van der Waals surface area contributed by atoms with E-state index >= 15 is 0 Å². The van der Waals surface area contributed by atoms with Crippen LogP contribution in [-0.4, -0.2) is 14.7 Å². The Morgan fingerprint density at radius 2 is 1.71 bits per heavy atom. The molecule has 0 aliphatic heterocycles. The first-order valence-corrected chi connectivity index (χ1v) is 7.20. The van der Waals surface area contributed by atoms with E-state index < -0.39 is 9.84 Å². The van der Waals surface area contributed by atoms with Gasteiger partial charge in [0.25, 0.3) is 0 Å². The molecule has 0 atom stereocenters. The van der Waals surface area contributed by atoms with Gasteiger partial charge in [-0.3, -0.25) is 0 Å². The summed E-state index contributed by atoms with van der Waals surface area (Å²) in [6.07, 6.45) is 3.03. The molecule has 0 aromatic heterocycles. The van der Waals surface area contributed by atoms with Gasteiger partial charge < -0.3 is 0 Å². The van der Waals surface area contributed by atoms with E-state index in [2.05, 4.69) is 31.9 Å². The summed E-state index contributed by atoms with van der Waals surface area (Å²) >= 11 is 6.46. The quantitative estimate of drug-likeness (QED) is 0.829. The van der Waals surface area contributed by atoms with E-state index in [-0.39, 0.29) is 0 Å². The maximum Gasteiger partial charge on any atom is 0.175 e. The normalized spacial score (nSPS) is 11.1. The fourth-order valence-electron chi connectivity index (χ4n) is 0.937. The van der Waals surface area contributed by atoms with Gasteiger partial charge in [-0.25, -0.2) is 8.42 Å². The zero-order chi connectivity index (χ0) is 10.8. The van der Waals surface area contributed by atoms with E-state index in [1.165, 1.54) is 6.26 Å². The number of hydrogen-bond acceptors (Lipinski definition) is 2. The van der Waals surface area contributed by atoms with Crippen LogP contribution >= 0.6 is 31.9 Å². The molecule has 1 rings (SSSR count). The highest BCUT2D eigenvalue weighted by Crippen LogP contribution is 2.19. The highest BCUT2D eigenvalue weighted by molar-refractivity contribution is 9.28. The molecule has 1 aromatic carbocycles. The van der Waals surface area contributed by atoms with Crippen molar-refractivity contribution in [1.29, 1.82) is 0 Å². The molecule has 0 aliphatic carbocycles. The van der Waals surface area contributed by atoms with E-state index in [9.17, 15) is 8.42 Å². The van der Waals surface area contributed by atoms with Crippen molar-refractivity contribution in [2.24, 2.45) is 0 Å². The third kappa shape index (κ3) is 3.55. The molecule has 0 bridgehead atoms. The van der Waals surface area contributed by atoms with Crippen molar-refractivity contribution in [2.75, 3.05) is 6.26 Å². The lowest BCUT2D eigenvalue weighted by Crippen LogP contribution is -1.95. The number of halogens is 2. The van der Waals surface area contributed by atoms with E-state index in [4.69, 9.17) is 0 Å². The topological polar surface area (TPSA) is 34.1 Å². The Morgan fingerprint density at radius 3 is 2.07 bits per heavy atom. The third-order valence-corrected chi connectivity index (χ3v) is 3.17. The van der Waals surface area contributed by atoms with Crippen LogP contribution in [0.5, 0.6) is 0 Å². The number of rotatable bonds is 2. The van der Waals surface area contributed by atoms with Gasteiger partial charge in [-0.1, -0.05) is 12.1 Å². The minimum absolute atomic E-state index is 0.334. The fraction of sp³-hybridized carbons (Fsp3) is 0.111. The summed E-state index contributed by atoms with van der Waals surface area (Å²) in [5.41, 5.74) is 0.932. The summed E-state index contributed by atoms with van der Waals surface area (Å²) < 4.78 is 23.1. The van der Waals surface area contributed by atoms with Crippen LogP contribution in [0.15, 0.2) is 32.6 Å². The van der Waals surface area contributed by atoms with Crippen LogP contribution in [0.2, 0.25) is 0 Å². The molecule has 0 fully saturated rings.